The van der Waals surface area contributed by atoms with Crippen LogP contribution in [-0.2, 0) is 9.53 Å². The average Bonchev–Trinajstić information content (AvgIpc) is 3.30. The van der Waals surface area contributed by atoms with Crippen LogP contribution in [-0.4, -0.2) is 22.0 Å². The molecule has 4 atom stereocenters. The van der Waals surface area contributed by atoms with E-state index in [4.69, 9.17) is 4.74 Å². The smallest absolute Gasteiger partial charge is 0.331 e. The van der Waals surface area contributed by atoms with Gasteiger partial charge in [-0.2, -0.15) is 0 Å². The Hall–Kier alpha value is -2.36. The van der Waals surface area contributed by atoms with Crippen LogP contribution in [0.4, 0.5) is 0 Å². The largest absolute Gasteiger partial charge is 0.459 e. The number of hydrogen-bond donors (Lipinski definition) is 1. The number of carbonyl (C=O) groups is 1. The monoisotopic (exact) mass is 308 g/mol. The summed E-state index contributed by atoms with van der Waals surface area (Å²) in [7, 11) is 0. The zero-order chi connectivity index (χ0) is 15.6. The number of rotatable bonds is 4. The van der Waals surface area contributed by atoms with Gasteiger partial charge in [-0.05, 0) is 42.7 Å². The van der Waals surface area contributed by atoms with Crippen LogP contribution < -0.4 is 0 Å². The summed E-state index contributed by atoms with van der Waals surface area (Å²) in [5, 5.41) is 0. The number of aromatic nitrogens is 2. The molecule has 0 spiro atoms. The first-order valence-corrected chi connectivity index (χ1v) is 8.21. The molecule has 23 heavy (non-hydrogen) atoms. The van der Waals surface area contributed by atoms with E-state index in [9.17, 15) is 4.79 Å². The maximum absolute atomic E-state index is 12.0. The van der Waals surface area contributed by atoms with Gasteiger partial charge in [0.1, 0.15) is 6.10 Å². The number of benzene rings is 1. The lowest BCUT2D eigenvalue weighted by Gasteiger charge is -2.26. The number of ether oxygens (including phenoxy) is 1. The molecule has 4 heteroatoms. The molecule has 4 nitrogen and oxygen atoms in total. The summed E-state index contributed by atoms with van der Waals surface area (Å²) in [5.74, 6) is 1.42. The van der Waals surface area contributed by atoms with Gasteiger partial charge >= 0.3 is 5.97 Å². The van der Waals surface area contributed by atoms with Gasteiger partial charge in [-0.15, -0.1) is 0 Å². The third-order valence-corrected chi connectivity index (χ3v) is 5.19. The molecule has 0 radical (unpaired) electrons. The Kier molecular flexibility index (Phi) is 3.74. The van der Waals surface area contributed by atoms with E-state index in [1.165, 1.54) is 11.8 Å². The Labute approximate surface area is 135 Å². The van der Waals surface area contributed by atoms with Crippen molar-refractivity contribution in [3.63, 3.8) is 0 Å². The number of carbonyl (C=O) groups excluding carboxylic acids is 1. The molecule has 0 amide bonds. The summed E-state index contributed by atoms with van der Waals surface area (Å²) in [5.41, 5.74) is 2.24. The highest BCUT2D eigenvalue weighted by atomic mass is 16.5. The van der Waals surface area contributed by atoms with Gasteiger partial charge in [0.05, 0.1) is 6.33 Å². The molecule has 0 aliphatic heterocycles. The van der Waals surface area contributed by atoms with Crippen molar-refractivity contribution in [3.8, 4) is 0 Å². The van der Waals surface area contributed by atoms with Gasteiger partial charge in [0, 0.05) is 23.9 Å². The summed E-state index contributed by atoms with van der Waals surface area (Å²) < 4.78 is 5.68. The van der Waals surface area contributed by atoms with Crippen molar-refractivity contribution >= 4 is 12.0 Å². The second kappa shape index (κ2) is 6.03. The first-order chi connectivity index (χ1) is 11.3. The van der Waals surface area contributed by atoms with Crippen molar-refractivity contribution in [2.24, 2.45) is 11.8 Å². The van der Waals surface area contributed by atoms with Gasteiger partial charge < -0.3 is 9.72 Å². The minimum absolute atomic E-state index is 0.0760. The Morgan fingerprint density at radius 1 is 1.17 bits per heavy atom. The number of H-pyrrole nitrogens is 1. The molecular formula is C19H20N2O2. The summed E-state index contributed by atoms with van der Waals surface area (Å²) in [6.45, 7) is 0. The Morgan fingerprint density at radius 3 is 2.74 bits per heavy atom. The number of nitrogens with one attached hydrogen (secondary N) is 1. The molecule has 2 bridgehead atoms. The summed E-state index contributed by atoms with van der Waals surface area (Å²) in [6, 6.07) is 9.81. The van der Waals surface area contributed by atoms with E-state index < -0.39 is 0 Å². The quantitative estimate of drug-likeness (QED) is 0.694. The van der Waals surface area contributed by atoms with Crippen molar-refractivity contribution in [2.75, 3.05) is 0 Å². The van der Waals surface area contributed by atoms with Crippen molar-refractivity contribution in [3.05, 3.63) is 60.2 Å². The molecule has 1 N–H and O–H groups in total. The number of fused-ring (bicyclic) bond motifs is 2. The number of imidazole rings is 1. The summed E-state index contributed by atoms with van der Waals surface area (Å²) >= 11 is 0. The highest BCUT2D eigenvalue weighted by molar-refractivity contribution is 5.87. The number of nitrogens with zero attached hydrogens (tertiary/aromatic N) is 1. The fourth-order valence-corrected chi connectivity index (χ4v) is 4.13. The molecule has 2 aromatic rings. The zero-order valence-electron chi connectivity index (χ0n) is 12.9. The fraction of sp³-hybridized carbons (Fsp3) is 0.368. The molecule has 1 heterocycles. The van der Waals surface area contributed by atoms with Crippen LogP contribution in [0.5, 0.6) is 0 Å². The molecule has 118 valence electrons. The Bertz CT molecular complexity index is 693. The third-order valence-electron chi connectivity index (χ3n) is 5.19. The first-order valence-electron chi connectivity index (χ1n) is 8.21. The molecule has 2 aliphatic rings. The Balaban J connectivity index is 1.33. The maximum atomic E-state index is 12.0. The molecule has 1 aromatic carbocycles. The van der Waals surface area contributed by atoms with E-state index >= 15 is 0 Å². The van der Waals surface area contributed by atoms with Crippen LogP contribution in [0, 0.1) is 11.8 Å². The van der Waals surface area contributed by atoms with Crippen LogP contribution in [0.2, 0.25) is 0 Å². The van der Waals surface area contributed by atoms with Gasteiger partial charge in [-0.1, -0.05) is 30.3 Å². The van der Waals surface area contributed by atoms with Crippen LogP contribution >= 0.6 is 0 Å². The topological polar surface area (TPSA) is 55.0 Å². The van der Waals surface area contributed by atoms with Crippen LogP contribution in [0.1, 0.15) is 36.4 Å². The number of aromatic amines is 1. The molecule has 1 aromatic heterocycles. The highest BCUT2D eigenvalue weighted by Gasteiger charge is 2.48. The van der Waals surface area contributed by atoms with Crippen LogP contribution in [0.15, 0.2) is 48.9 Å². The first kappa shape index (κ1) is 14.2. The van der Waals surface area contributed by atoms with E-state index in [0.29, 0.717) is 17.8 Å². The minimum Gasteiger partial charge on any atom is -0.459 e. The van der Waals surface area contributed by atoms with Crippen LogP contribution in [0.25, 0.3) is 6.08 Å². The van der Waals surface area contributed by atoms with Gasteiger partial charge in [0.15, 0.2) is 0 Å². The predicted molar refractivity (Wildman–Crippen MR) is 87.5 cm³/mol. The van der Waals surface area contributed by atoms with Gasteiger partial charge in [-0.25, -0.2) is 9.78 Å². The fourth-order valence-electron chi connectivity index (χ4n) is 4.13. The predicted octanol–water partition coefficient (Wildman–Crippen LogP) is 3.55. The third kappa shape index (κ3) is 2.93. The van der Waals surface area contributed by atoms with Crippen molar-refractivity contribution in [2.45, 2.75) is 31.3 Å². The van der Waals surface area contributed by atoms with E-state index in [-0.39, 0.29) is 12.1 Å². The summed E-state index contributed by atoms with van der Waals surface area (Å²) in [4.78, 5) is 19.4. The Morgan fingerprint density at radius 2 is 2.04 bits per heavy atom. The molecule has 2 unspecified atom stereocenters. The molecule has 0 saturated heterocycles. The molecule has 2 saturated carbocycles. The SMILES string of the molecule is O=C(/C=C/c1ccccc1)O[C@@H]1CC2CC1C[C@H]2c1cnc[nH]1. The molecular weight excluding hydrogens is 288 g/mol. The second-order valence-corrected chi connectivity index (χ2v) is 6.56. The standard InChI is InChI=1S/C19H20N2O2/c22-19(7-6-13-4-2-1-3-5-13)23-18-10-14-8-15(18)9-16(14)17-11-20-12-21-17/h1-7,11-12,14-16,18H,8-10H2,(H,20,21)/b7-6+/t14?,15?,16-,18-/m1/s1. The average molecular weight is 308 g/mol. The maximum Gasteiger partial charge on any atom is 0.331 e. The molecule has 2 aliphatic carbocycles. The van der Waals surface area contributed by atoms with Gasteiger partial charge in [-0.3, -0.25) is 0 Å². The molecule has 4 rings (SSSR count). The van der Waals surface area contributed by atoms with Crippen molar-refractivity contribution in [1.29, 1.82) is 0 Å². The van der Waals surface area contributed by atoms with Gasteiger partial charge in [0.2, 0.25) is 0 Å². The van der Waals surface area contributed by atoms with Gasteiger partial charge in [0.25, 0.3) is 0 Å². The van der Waals surface area contributed by atoms with E-state index in [1.807, 2.05) is 42.6 Å². The van der Waals surface area contributed by atoms with Crippen molar-refractivity contribution in [1.82, 2.24) is 9.97 Å². The van der Waals surface area contributed by atoms with E-state index in [2.05, 4.69) is 9.97 Å². The van der Waals surface area contributed by atoms with Crippen molar-refractivity contribution < 1.29 is 9.53 Å². The zero-order valence-corrected chi connectivity index (χ0v) is 12.9. The normalized spacial score (nSPS) is 29.2. The summed E-state index contributed by atoms with van der Waals surface area (Å²) in [6.07, 6.45) is 10.3. The molecule has 2 fully saturated rings. The highest BCUT2D eigenvalue weighted by Crippen LogP contribution is 2.53. The van der Waals surface area contributed by atoms with E-state index in [1.54, 1.807) is 6.33 Å². The lowest BCUT2D eigenvalue weighted by Crippen LogP contribution is -2.26. The minimum atomic E-state index is -0.232. The second-order valence-electron chi connectivity index (χ2n) is 6.56. The lowest BCUT2D eigenvalue weighted by molar-refractivity contribution is -0.145. The number of esters is 1. The van der Waals surface area contributed by atoms with Crippen LogP contribution in [0.3, 0.4) is 0 Å². The lowest BCUT2D eigenvalue weighted by atomic mass is 9.85. The number of hydrogen-bond acceptors (Lipinski definition) is 3. The van der Waals surface area contributed by atoms with E-state index in [0.717, 1.165) is 24.8 Å².